The summed E-state index contributed by atoms with van der Waals surface area (Å²) in [5.74, 6) is -1.90. The Balaban J connectivity index is 1.18. The van der Waals surface area contributed by atoms with Gasteiger partial charge in [0.25, 0.3) is 5.91 Å². The Morgan fingerprint density at radius 1 is 1.02 bits per heavy atom. The third kappa shape index (κ3) is 6.71. The zero-order valence-electron chi connectivity index (χ0n) is 26.0. The number of fused-ring (bicyclic) bond motifs is 3. The van der Waals surface area contributed by atoms with E-state index in [0.717, 1.165) is 31.4 Å². The van der Waals surface area contributed by atoms with Gasteiger partial charge in [-0.05, 0) is 62.8 Å². The number of nitrogens with zero attached hydrogens (tertiary/aromatic N) is 2. The highest BCUT2D eigenvalue weighted by atomic mass is 32.2. The first kappa shape index (κ1) is 31.2. The summed E-state index contributed by atoms with van der Waals surface area (Å²) < 4.78 is 39.6. The molecule has 13 heteroatoms. The average Bonchev–Trinajstić information content (AvgIpc) is 3.95. The van der Waals surface area contributed by atoms with Crippen LogP contribution in [-0.4, -0.2) is 71.5 Å². The van der Waals surface area contributed by atoms with Crippen molar-refractivity contribution in [3.05, 3.63) is 66.7 Å². The number of carbonyl (C=O) groups excluding carboxylic acids is 3. The summed E-state index contributed by atoms with van der Waals surface area (Å²) >= 11 is 0. The van der Waals surface area contributed by atoms with Crippen LogP contribution in [0.3, 0.4) is 0 Å². The molecule has 2 saturated carbocycles. The Hall–Kier alpha value is -4.39. The molecule has 0 spiro atoms. The van der Waals surface area contributed by atoms with Gasteiger partial charge in [-0.1, -0.05) is 55.3 Å². The monoisotopic (exact) mass is 661 g/mol. The summed E-state index contributed by atoms with van der Waals surface area (Å²) in [4.78, 5) is 48.0. The fourth-order valence-electron chi connectivity index (χ4n) is 6.63. The van der Waals surface area contributed by atoms with Gasteiger partial charge in [-0.25, -0.2) is 8.42 Å². The number of oxazole rings is 1. The molecule has 1 saturated heterocycles. The molecule has 2 aliphatic carbocycles. The highest BCUT2D eigenvalue weighted by Crippen LogP contribution is 2.46. The summed E-state index contributed by atoms with van der Waals surface area (Å²) in [6, 6.07) is 15.1. The van der Waals surface area contributed by atoms with Crippen molar-refractivity contribution >= 4 is 44.5 Å². The summed E-state index contributed by atoms with van der Waals surface area (Å²) in [5.41, 5.74) is 0.543. The Morgan fingerprint density at radius 2 is 1.81 bits per heavy atom. The minimum absolute atomic E-state index is 0.0410. The molecule has 0 bridgehead atoms. The van der Waals surface area contributed by atoms with E-state index >= 15 is 0 Å². The van der Waals surface area contributed by atoms with E-state index in [4.69, 9.17) is 9.15 Å². The molecule has 0 unspecified atom stereocenters. The number of sulfonamides is 1. The standard InChI is InChI=1S/C34H39N5O7S/c40-30-28-19-24(45-33-36-26-14-9-10-16-29(26)46-33)21-39(28)31(41)27(35-23-12-6-4-7-13-23)15-8-3-1-2-5-11-22-20-34(22,37-30)32(42)38-47(43,44)25-17-18-25/h4-7,9-14,16,22,24-25,27-28,35H,1-3,8,15,17-21H2,(H,37,40)(H,38,42)/b11-5-/t22-,24+,27-,28-,34+/m0/s1. The number of nitrogens with one attached hydrogen (secondary N) is 3. The Morgan fingerprint density at radius 3 is 2.60 bits per heavy atom. The second kappa shape index (κ2) is 12.7. The van der Waals surface area contributed by atoms with Crippen molar-refractivity contribution in [1.82, 2.24) is 19.9 Å². The lowest BCUT2D eigenvalue weighted by molar-refractivity contribution is -0.140. The van der Waals surface area contributed by atoms with Crippen LogP contribution in [0.25, 0.3) is 11.1 Å². The maximum Gasteiger partial charge on any atom is 0.394 e. The van der Waals surface area contributed by atoms with E-state index in [0.29, 0.717) is 30.4 Å². The molecule has 3 amide bonds. The first-order valence-electron chi connectivity index (χ1n) is 16.4. The molecular weight excluding hydrogens is 622 g/mol. The van der Waals surface area contributed by atoms with Gasteiger partial charge in [0, 0.05) is 18.0 Å². The van der Waals surface area contributed by atoms with Gasteiger partial charge < -0.3 is 24.7 Å². The first-order valence-corrected chi connectivity index (χ1v) is 18.0. The highest BCUT2D eigenvalue weighted by Gasteiger charge is 2.62. The highest BCUT2D eigenvalue weighted by molar-refractivity contribution is 7.91. The van der Waals surface area contributed by atoms with Gasteiger partial charge in [-0.15, -0.1) is 0 Å². The van der Waals surface area contributed by atoms with Crippen molar-refractivity contribution < 1.29 is 32.0 Å². The number of amides is 3. The second-order valence-electron chi connectivity index (χ2n) is 13.0. The van der Waals surface area contributed by atoms with Crippen LogP contribution < -0.4 is 20.1 Å². The summed E-state index contributed by atoms with van der Waals surface area (Å²) in [7, 11) is -3.83. The number of carbonyl (C=O) groups is 3. The van der Waals surface area contributed by atoms with Gasteiger partial charge in [-0.3, -0.25) is 19.1 Å². The van der Waals surface area contributed by atoms with Gasteiger partial charge in [-0.2, -0.15) is 4.98 Å². The van der Waals surface area contributed by atoms with E-state index < -0.39 is 50.8 Å². The predicted octanol–water partition coefficient (Wildman–Crippen LogP) is 3.66. The lowest BCUT2D eigenvalue weighted by atomic mass is 10.0. The number of para-hydroxylation sites is 3. The molecule has 3 aromatic rings. The SMILES string of the molecule is O=C1N[C@]2(C(=O)NS(=O)(=O)C3CC3)C[C@@H]2/C=C\CCCCC[C@H](Nc2ccccc2)C(=O)N2C[C@H](Oc3nc4ccccc4o3)C[C@@H]12. The molecule has 3 heterocycles. The largest absolute Gasteiger partial charge is 0.445 e. The maximum atomic E-state index is 14.3. The molecule has 5 atom stereocenters. The van der Waals surface area contributed by atoms with Gasteiger partial charge in [0.15, 0.2) is 5.58 Å². The second-order valence-corrected chi connectivity index (χ2v) is 15.0. The maximum absolute atomic E-state index is 14.3. The summed E-state index contributed by atoms with van der Waals surface area (Å²) in [6.45, 7) is 0.0984. The molecule has 47 heavy (non-hydrogen) atoms. The van der Waals surface area contributed by atoms with Gasteiger partial charge >= 0.3 is 6.08 Å². The molecular formula is C34H39N5O7S. The fourth-order valence-corrected chi connectivity index (χ4v) is 7.99. The van der Waals surface area contributed by atoms with Crippen molar-refractivity contribution in [2.24, 2.45) is 5.92 Å². The summed E-state index contributed by atoms with van der Waals surface area (Å²) in [5, 5.41) is 5.70. The number of hydrogen-bond donors (Lipinski definition) is 3. The van der Waals surface area contributed by atoms with Gasteiger partial charge in [0.1, 0.15) is 29.2 Å². The van der Waals surface area contributed by atoms with Crippen LogP contribution in [0.4, 0.5) is 5.69 Å². The number of allylic oxidation sites excluding steroid dienone is 1. The number of rotatable bonds is 7. The number of ether oxygens (including phenoxy) is 1. The molecule has 3 fully saturated rings. The number of hydrogen-bond acceptors (Lipinski definition) is 9. The number of anilines is 1. The zero-order valence-corrected chi connectivity index (χ0v) is 26.8. The van der Waals surface area contributed by atoms with E-state index in [9.17, 15) is 22.8 Å². The zero-order chi connectivity index (χ0) is 32.6. The molecule has 7 rings (SSSR count). The van der Waals surface area contributed by atoms with Crippen LogP contribution in [-0.2, 0) is 24.4 Å². The fraction of sp³-hybridized carbons (Fsp3) is 0.471. The molecule has 12 nitrogen and oxygen atoms in total. The molecule has 3 N–H and O–H groups in total. The van der Waals surface area contributed by atoms with Crippen molar-refractivity contribution in [2.75, 3.05) is 11.9 Å². The van der Waals surface area contributed by atoms with Crippen molar-refractivity contribution in [3.8, 4) is 6.08 Å². The van der Waals surface area contributed by atoms with E-state index in [-0.39, 0.29) is 37.3 Å². The van der Waals surface area contributed by atoms with Crippen LogP contribution in [0.5, 0.6) is 6.08 Å². The molecule has 248 valence electrons. The van der Waals surface area contributed by atoms with Crippen molar-refractivity contribution in [1.29, 1.82) is 0 Å². The number of aromatic nitrogens is 1. The van der Waals surface area contributed by atoms with Gasteiger partial charge in [0.2, 0.25) is 21.8 Å². The molecule has 2 aliphatic heterocycles. The van der Waals surface area contributed by atoms with E-state index in [1.54, 1.807) is 12.1 Å². The normalized spacial score (nSPS) is 29.1. The average molecular weight is 662 g/mol. The molecule has 0 radical (unpaired) electrons. The quantitative estimate of drug-likeness (QED) is 0.321. The lowest BCUT2D eigenvalue weighted by Gasteiger charge is -2.30. The molecule has 4 aliphatic rings. The number of benzene rings is 2. The van der Waals surface area contributed by atoms with Crippen LogP contribution in [0.1, 0.15) is 57.8 Å². The van der Waals surface area contributed by atoms with E-state index in [2.05, 4.69) is 20.3 Å². The van der Waals surface area contributed by atoms with E-state index in [1.807, 2.05) is 54.6 Å². The molecule has 1 aromatic heterocycles. The lowest BCUT2D eigenvalue weighted by Crippen LogP contribution is -2.57. The van der Waals surface area contributed by atoms with Crippen molar-refractivity contribution in [3.63, 3.8) is 0 Å². The topological polar surface area (TPSA) is 160 Å². The Bertz CT molecular complexity index is 1760. The molecule has 2 aromatic carbocycles. The van der Waals surface area contributed by atoms with Crippen LogP contribution in [0.2, 0.25) is 0 Å². The smallest absolute Gasteiger partial charge is 0.394 e. The van der Waals surface area contributed by atoms with Crippen LogP contribution >= 0.6 is 0 Å². The van der Waals surface area contributed by atoms with E-state index in [1.165, 1.54) is 4.90 Å². The van der Waals surface area contributed by atoms with Gasteiger partial charge in [0.05, 0.1) is 11.8 Å². The third-order valence-electron chi connectivity index (χ3n) is 9.50. The minimum atomic E-state index is -3.83. The Labute approximate surface area is 273 Å². The third-order valence-corrected chi connectivity index (χ3v) is 11.3. The first-order chi connectivity index (χ1) is 22.7. The van der Waals surface area contributed by atoms with Crippen LogP contribution in [0, 0.1) is 5.92 Å². The minimum Gasteiger partial charge on any atom is -0.445 e. The Kier molecular flexibility index (Phi) is 8.41. The van der Waals surface area contributed by atoms with Crippen LogP contribution in [0.15, 0.2) is 71.2 Å². The van der Waals surface area contributed by atoms with Crippen molar-refractivity contribution in [2.45, 2.75) is 86.8 Å². The summed E-state index contributed by atoms with van der Waals surface area (Å²) in [6.07, 6.45) is 8.65. The predicted molar refractivity (Wildman–Crippen MR) is 174 cm³/mol.